The van der Waals surface area contributed by atoms with E-state index in [-0.39, 0.29) is 5.91 Å². The highest BCUT2D eigenvalue weighted by molar-refractivity contribution is 8.01. The van der Waals surface area contributed by atoms with Gasteiger partial charge in [0.2, 0.25) is 0 Å². The number of nitrogens with one attached hydrogen (secondary N) is 1. The molecule has 0 radical (unpaired) electrons. The number of benzene rings is 1. The third-order valence-electron chi connectivity index (χ3n) is 5.07. The standard InChI is InChI=1S/C19H22N2O2S2/c1-23-17-6-7-18(25-17)24-15-4-2-14(3-5-15)19(22)20-16-12-21-10-8-13(16)9-11-21/h2-7,13,16H,8-12H2,1H3,(H,20,22)/t16-/m0/s1. The number of carbonyl (C=O) groups is 1. The number of amides is 1. The molecule has 6 heteroatoms. The number of ether oxygens (including phenoxy) is 1. The van der Waals surface area contributed by atoms with Crippen LogP contribution < -0.4 is 10.1 Å². The fourth-order valence-electron chi connectivity index (χ4n) is 3.64. The zero-order valence-corrected chi connectivity index (χ0v) is 15.9. The summed E-state index contributed by atoms with van der Waals surface area (Å²) in [5, 5.41) is 4.16. The van der Waals surface area contributed by atoms with Crippen LogP contribution in [0.3, 0.4) is 0 Å². The summed E-state index contributed by atoms with van der Waals surface area (Å²) in [6.07, 6.45) is 2.43. The molecular weight excluding hydrogens is 352 g/mol. The maximum atomic E-state index is 12.6. The first-order valence-electron chi connectivity index (χ1n) is 8.66. The maximum absolute atomic E-state index is 12.6. The zero-order chi connectivity index (χ0) is 17.2. The van der Waals surface area contributed by atoms with Gasteiger partial charge in [0.05, 0.1) is 11.3 Å². The molecule has 3 fully saturated rings. The number of hydrogen-bond donors (Lipinski definition) is 1. The lowest BCUT2D eigenvalue weighted by atomic mass is 9.84. The van der Waals surface area contributed by atoms with E-state index in [2.05, 4.69) is 16.3 Å². The van der Waals surface area contributed by atoms with E-state index in [0.717, 1.165) is 22.1 Å². The molecule has 5 rings (SSSR count). The average molecular weight is 375 g/mol. The third kappa shape index (κ3) is 3.86. The van der Waals surface area contributed by atoms with Crippen molar-refractivity contribution in [3.8, 4) is 5.06 Å². The van der Waals surface area contributed by atoms with Gasteiger partial charge in [-0.15, -0.1) is 0 Å². The van der Waals surface area contributed by atoms with E-state index in [1.54, 1.807) is 30.2 Å². The first kappa shape index (κ1) is 16.9. The Hall–Kier alpha value is -1.50. The van der Waals surface area contributed by atoms with Crippen LogP contribution in [0.1, 0.15) is 23.2 Å². The van der Waals surface area contributed by atoms with Crippen molar-refractivity contribution >= 4 is 29.0 Å². The van der Waals surface area contributed by atoms with Crippen LogP contribution >= 0.6 is 23.1 Å². The Kier molecular flexibility index (Phi) is 5.01. The Morgan fingerprint density at radius 3 is 2.56 bits per heavy atom. The molecule has 3 aliphatic heterocycles. The molecule has 1 aromatic carbocycles. The summed E-state index contributed by atoms with van der Waals surface area (Å²) in [7, 11) is 1.68. The van der Waals surface area contributed by atoms with Crippen LogP contribution in [-0.2, 0) is 0 Å². The summed E-state index contributed by atoms with van der Waals surface area (Å²) in [6, 6.07) is 12.2. The SMILES string of the molecule is COc1ccc(Sc2ccc(C(=O)N[C@H]3CN4CCC3CC4)cc2)s1. The van der Waals surface area contributed by atoms with Crippen molar-refractivity contribution in [2.24, 2.45) is 5.92 Å². The fourth-order valence-corrected chi connectivity index (χ4v) is 5.53. The lowest BCUT2D eigenvalue weighted by Gasteiger charge is -2.44. The quantitative estimate of drug-likeness (QED) is 0.866. The van der Waals surface area contributed by atoms with Crippen LogP contribution in [0, 0.1) is 5.92 Å². The molecule has 4 nitrogen and oxygen atoms in total. The highest BCUT2D eigenvalue weighted by atomic mass is 32.2. The van der Waals surface area contributed by atoms with Gasteiger partial charge in [-0.1, -0.05) is 23.1 Å². The normalized spacial score (nSPS) is 24.9. The van der Waals surface area contributed by atoms with Crippen molar-refractivity contribution in [3.05, 3.63) is 42.0 Å². The van der Waals surface area contributed by atoms with Crippen LogP contribution in [0.25, 0.3) is 0 Å². The minimum absolute atomic E-state index is 0.0492. The summed E-state index contributed by atoms with van der Waals surface area (Å²) < 4.78 is 6.41. The van der Waals surface area contributed by atoms with E-state index in [0.29, 0.717) is 12.0 Å². The van der Waals surface area contributed by atoms with Crippen LogP contribution in [0.15, 0.2) is 45.5 Å². The van der Waals surface area contributed by atoms with Crippen molar-refractivity contribution in [1.29, 1.82) is 0 Å². The average Bonchev–Trinajstić information content (AvgIpc) is 3.11. The van der Waals surface area contributed by atoms with Gasteiger partial charge >= 0.3 is 0 Å². The van der Waals surface area contributed by atoms with Crippen molar-refractivity contribution in [1.82, 2.24) is 10.2 Å². The number of piperidine rings is 3. The van der Waals surface area contributed by atoms with Crippen LogP contribution in [-0.4, -0.2) is 43.6 Å². The molecule has 2 bridgehead atoms. The van der Waals surface area contributed by atoms with Crippen molar-refractivity contribution in [3.63, 3.8) is 0 Å². The van der Waals surface area contributed by atoms with Crippen LogP contribution in [0.5, 0.6) is 5.06 Å². The Morgan fingerprint density at radius 2 is 1.96 bits per heavy atom. The Balaban J connectivity index is 1.37. The van der Waals surface area contributed by atoms with Gasteiger partial charge in [0.1, 0.15) is 0 Å². The highest BCUT2D eigenvalue weighted by Gasteiger charge is 2.34. The van der Waals surface area contributed by atoms with Crippen molar-refractivity contribution < 1.29 is 9.53 Å². The molecule has 1 atom stereocenters. The third-order valence-corrected chi connectivity index (χ3v) is 7.25. The monoisotopic (exact) mass is 374 g/mol. The number of rotatable bonds is 5. The minimum atomic E-state index is 0.0492. The van der Waals surface area contributed by atoms with E-state index in [1.807, 2.05) is 30.3 Å². The highest BCUT2D eigenvalue weighted by Crippen LogP contribution is 2.36. The van der Waals surface area contributed by atoms with Gasteiger partial charge < -0.3 is 15.0 Å². The molecule has 0 spiro atoms. The van der Waals surface area contributed by atoms with Crippen LogP contribution in [0.2, 0.25) is 0 Å². The maximum Gasteiger partial charge on any atom is 0.251 e. The minimum Gasteiger partial charge on any atom is -0.487 e. The zero-order valence-electron chi connectivity index (χ0n) is 14.2. The molecular formula is C19H22N2O2S2. The largest absolute Gasteiger partial charge is 0.487 e. The number of nitrogens with zero attached hydrogens (tertiary/aromatic N) is 1. The Bertz CT molecular complexity index is 736. The van der Waals surface area contributed by atoms with Gasteiger partial charge in [-0.05, 0) is 68.2 Å². The lowest BCUT2D eigenvalue weighted by molar-refractivity contribution is 0.0620. The Labute approximate surface area is 156 Å². The van der Waals surface area contributed by atoms with Crippen molar-refractivity contribution in [2.75, 3.05) is 26.7 Å². The first-order chi connectivity index (χ1) is 12.2. The molecule has 0 aliphatic carbocycles. The molecule has 0 unspecified atom stereocenters. The van der Waals surface area contributed by atoms with E-state index in [1.165, 1.54) is 30.1 Å². The second-order valence-corrected chi connectivity index (χ2v) is 9.04. The summed E-state index contributed by atoms with van der Waals surface area (Å²) in [5.74, 6) is 0.700. The molecule has 3 aliphatic rings. The molecule has 132 valence electrons. The molecule has 0 saturated carbocycles. The van der Waals surface area contributed by atoms with Gasteiger partial charge in [0, 0.05) is 23.0 Å². The molecule has 4 heterocycles. The van der Waals surface area contributed by atoms with Gasteiger partial charge in [-0.2, -0.15) is 0 Å². The van der Waals surface area contributed by atoms with Gasteiger partial charge in [0.15, 0.2) is 5.06 Å². The summed E-state index contributed by atoms with van der Waals surface area (Å²) in [4.78, 5) is 16.1. The second kappa shape index (κ2) is 7.40. The lowest BCUT2D eigenvalue weighted by Crippen LogP contribution is -2.57. The molecule has 1 amide bonds. The van der Waals surface area contributed by atoms with E-state index in [4.69, 9.17) is 4.74 Å². The number of carbonyl (C=O) groups excluding carboxylic acids is 1. The number of hydrogen-bond acceptors (Lipinski definition) is 5. The smallest absolute Gasteiger partial charge is 0.251 e. The number of thiophene rings is 1. The second-order valence-electron chi connectivity index (χ2n) is 6.62. The van der Waals surface area contributed by atoms with Gasteiger partial charge in [-0.25, -0.2) is 0 Å². The Morgan fingerprint density at radius 1 is 1.20 bits per heavy atom. The van der Waals surface area contributed by atoms with E-state index in [9.17, 15) is 4.79 Å². The summed E-state index contributed by atoms with van der Waals surface area (Å²) >= 11 is 3.31. The molecule has 1 N–H and O–H groups in total. The first-order valence-corrected chi connectivity index (χ1v) is 10.3. The van der Waals surface area contributed by atoms with Gasteiger partial charge in [-0.3, -0.25) is 4.79 Å². The van der Waals surface area contributed by atoms with Gasteiger partial charge in [0.25, 0.3) is 5.91 Å². The fraction of sp³-hybridized carbons (Fsp3) is 0.421. The molecule has 1 aromatic heterocycles. The van der Waals surface area contributed by atoms with Crippen molar-refractivity contribution in [2.45, 2.75) is 28.0 Å². The number of fused-ring (bicyclic) bond motifs is 3. The molecule has 25 heavy (non-hydrogen) atoms. The summed E-state index contributed by atoms with van der Waals surface area (Å²) in [6.45, 7) is 3.39. The predicted molar refractivity (Wildman–Crippen MR) is 102 cm³/mol. The topological polar surface area (TPSA) is 41.6 Å². The predicted octanol–water partition coefficient (Wildman–Crippen LogP) is 3.73. The summed E-state index contributed by atoms with van der Waals surface area (Å²) in [5.41, 5.74) is 0.740. The van der Waals surface area contributed by atoms with E-state index < -0.39 is 0 Å². The molecule has 2 aromatic rings. The molecule has 3 saturated heterocycles. The number of methoxy groups -OCH3 is 1. The van der Waals surface area contributed by atoms with Crippen LogP contribution in [0.4, 0.5) is 0 Å². The van der Waals surface area contributed by atoms with E-state index >= 15 is 0 Å².